The molecule has 0 saturated heterocycles. The van der Waals surface area contributed by atoms with Gasteiger partial charge < -0.3 is 4.74 Å². The third kappa shape index (κ3) is 4.46. The minimum absolute atomic E-state index is 0.0721. The summed E-state index contributed by atoms with van der Waals surface area (Å²) in [7, 11) is 0. The molecule has 0 radical (unpaired) electrons. The minimum atomic E-state index is -0.476. The normalized spacial score (nSPS) is 14.1. The molecule has 2 aromatic carbocycles. The number of rotatable bonds is 7. The van der Waals surface area contributed by atoms with Crippen LogP contribution < -0.4 is 4.90 Å². The molecule has 156 valence electrons. The molecule has 30 heavy (non-hydrogen) atoms. The van der Waals surface area contributed by atoms with Crippen molar-refractivity contribution in [2.75, 3.05) is 11.5 Å². The van der Waals surface area contributed by atoms with Crippen LogP contribution in [0.5, 0.6) is 0 Å². The zero-order chi connectivity index (χ0) is 21.8. The predicted octanol–water partition coefficient (Wildman–Crippen LogP) is 4.82. The number of amides is 2. The maximum atomic E-state index is 13.4. The Labute approximate surface area is 178 Å². The summed E-state index contributed by atoms with van der Waals surface area (Å²) in [5.74, 6) is -1.78. The van der Waals surface area contributed by atoms with Crippen LogP contribution in [-0.2, 0) is 14.3 Å². The van der Waals surface area contributed by atoms with Gasteiger partial charge in [-0.05, 0) is 48.4 Å². The summed E-state index contributed by atoms with van der Waals surface area (Å²) in [4.78, 5) is 39.7. The molecule has 1 heterocycles. The van der Waals surface area contributed by atoms with Gasteiger partial charge in [-0.3, -0.25) is 9.59 Å². The average molecular weight is 427 g/mol. The number of hydrogen-bond acceptors (Lipinski definition) is 5. The van der Waals surface area contributed by atoms with Crippen molar-refractivity contribution in [2.24, 2.45) is 0 Å². The van der Waals surface area contributed by atoms with Crippen molar-refractivity contribution in [3.8, 4) is 0 Å². The zero-order valence-corrected chi connectivity index (χ0v) is 17.8. The molecule has 2 amide bonds. The van der Waals surface area contributed by atoms with E-state index in [2.05, 4.69) is 0 Å². The molecule has 0 spiro atoms. The van der Waals surface area contributed by atoms with Gasteiger partial charge in [-0.25, -0.2) is 14.1 Å². The van der Waals surface area contributed by atoms with Crippen molar-refractivity contribution in [1.82, 2.24) is 0 Å². The van der Waals surface area contributed by atoms with E-state index >= 15 is 0 Å². The van der Waals surface area contributed by atoms with E-state index in [0.29, 0.717) is 34.7 Å². The van der Waals surface area contributed by atoms with Gasteiger partial charge in [0, 0.05) is 5.25 Å². The summed E-state index contributed by atoms with van der Waals surface area (Å²) in [6.07, 6.45) is 0.717. The lowest BCUT2D eigenvalue weighted by atomic mass is 10.1. The van der Waals surface area contributed by atoms with Crippen LogP contribution in [0.4, 0.5) is 10.1 Å². The molecule has 0 aromatic heterocycles. The van der Waals surface area contributed by atoms with Crippen LogP contribution in [0.1, 0.15) is 43.1 Å². The van der Waals surface area contributed by atoms with Crippen LogP contribution in [0.3, 0.4) is 0 Å². The number of benzene rings is 2. The third-order valence-corrected chi connectivity index (χ3v) is 5.41. The van der Waals surface area contributed by atoms with Gasteiger partial charge >= 0.3 is 5.97 Å². The molecule has 5 nitrogen and oxygen atoms in total. The lowest BCUT2D eigenvalue weighted by molar-refractivity contribution is -0.119. The van der Waals surface area contributed by atoms with Crippen LogP contribution in [-0.4, -0.2) is 29.6 Å². The van der Waals surface area contributed by atoms with Crippen LogP contribution >= 0.6 is 11.8 Å². The average Bonchev–Trinajstić information content (AvgIpc) is 2.96. The number of carbonyl (C=O) groups excluding carboxylic acids is 3. The molecule has 0 bridgehead atoms. The van der Waals surface area contributed by atoms with Gasteiger partial charge in [0.05, 0.1) is 28.3 Å². The second-order valence-electron chi connectivity index (χ2n) is 7.01. The molecular formula is C23H22FNO4S. The minimum Gasteiger partial charge on any atom is -0.462 e. The van der Waals surface area contributed by atoms with E-state index in [1.54, 1.807) is 12.1 Å². The molecule has 1 aliphatic rings. The molecule has 0 aliphatic carbocycles. The molecule has 0 saturated carbocycles. The maximum absolute atomic E-state index is 13.4. The highest BCUT2D eigenvalue weighted by Gasteiger charge is 2.40. The number of halogens is 1. The number of thioether (sulfide) groups is 1. The SMILES string of the molecule is CCCOC(=O)c1ccc(N2C(=O)C(SC(C)C)=C(c3ccc(F)cc3)C2=O)cc1. The van der Waals surface area contributed by atoms with E-state index in [4.69, 9.17) is 4.74 Å². The smallest absolute Gasteiger partial charge is 0.338 e. The molecule has 0 unspecified atom stereocenters. The summed E-state index contributed by atoms with van der Waals surface area (Å²) >= 11 is 1.30. The monoisotopic (exact) mass is 427 g/mol. The summed E-state index contributed by atoms with van der Waals surface area (Å²) in [6, 6.07) is 11.7. The van der Waals surface area contributed by atoms with Gasteiger partial charge in [-0.15, -0.1) is 11.8 Å². The second kappa shape index (κ2) is 9.26. The maximum Gasteiger partial charge on any atom is 0.338 e. The molecule has 2 aromatic rings. The van der Waals surface area contributed by atoms with Gasteiger partial charge in [0.2, 0.25) is 0 Å². The second-order valence-corrected chi connectivity index (χ2v) is 8.59. The number of ether oxygens (including phenoxy) is 1. The molecule has 1 aliphatic heterocycles. The van der Waals surface area contributed by atoms with Gasteiger partial charge in [0.15, 0.2) is 0 Å². The quantitative estimate of drug-likeness (QED) is 0.468. The Kier molecular flexibility index (Phi) is 6.72. The van der Waals surface area contributed by atoms with Crippen molar-refractivity contribution in [2.45, 2.75) is 32.4 Å². The number of hydrogen-bond donors (Lipinski definition) is 0. The van der Waals surface area contributed by atoms with Crippen molar-refractivity contribution < 1.29 is 23.5 Å². The van der Waals surface area contributed by atoms with E-state index in [1.807, 2.05) is 20.8 Å². The Morgan fingerprint density at radius 3 is 2.23 bits per heavy atom. The largest absolute Gasteiger partial charge is 0.462 e. The van der Waals surface area contributed by atoms with E-state index in [-0.39, 0.29) is 10.8 Å². The summed E-state index contributed by atoms with van der Waals surface area (Å²) in [6.45, 7) is 6.08. The molecule has 0 N–H and O–H groups in total. The number of carbonyl (C=O) groups is 3. The van der Waals surface area contributed by atoms with Crippen LogP contribution in [0.25, 0.3) is 5.57 Å². The summed E-state index contributed by atoms with van der Waals surface area (Å²) < 4.78 is 18.5. The Morgan fingerprint density at radius 1 is 1.03 bits per heavy atom. The van der Waals surface area contributed by atoms with Crippen molar-refractivity contribution in [1.29, 1.82) is 0 Å². The first-order chi connectivity index (χ1) is 14.3. The van der Waals surface area contributed by atoms with Crippen LogP contribution in [0, 0.1) is 5.82 Å². The highest BCUT2D eigenvalue weighted by molar-refractivity contribution is 8.04. The molecular weight excluding hydrogens is 405 g/mol. The van der Waals surface area contributed by atoms with E-state index in [0.717, 1.165) is 4.90 Å². The Morgan fingerprint density at radius 2 is 1.67 bits per heavy atom. The number of nitrogens with zero attached hydrogens (tertiary/aromatic N) is 1. The van der Waals surface area contributed by atoms with E-state index in [1.165, 1.54) is 48.2 Å². The van der Waals surface area contributed by atoms with Gasteiger partial charge in [0.1, 0.15) is 5.82 Å². The summed E-state index contributed by atoms with van der Waals surface area (Å²) in [5.41, 5.74) is 1.44. The first kappa shape index (κ1) is 21.8. The van der Waals surface area contributed by atoms with E-state index in [9.17, 15) is 18.8 Å². The molecule has 7 heteroatoms. The molecule has 0 fully saturated rings. The van der Waals surface area contributed by atoms with E-state index < -0.39 is 23.6 Å². The molecule has 3 rings (SSSR count). The topological polar surface area (TPSA) is 63.7 Å². The van der Waals surface area contributed by atoms with Crippen molar-refractivity contribution in [3.63, 3.8) is 0 Å². The fourth-order valence-electron chi connectivity index (χ4n) is 2.98. The molecule has 0 atom stereocenters. The number of imide groups is 1. The fraction of sp³-hybridized carbons (Fsp3) is 0.261. The zero-order valence-electron chi connectivity index (χ0n) is 17.0. The highest BCUT2D eigenvalue weighted by Crippen LogP contribution is 2.39. The first-order valence-electron chi connectivity index (χ1n) is 9.66. The Balaban J connectivity index is 1.94. The lowest BCUT2D eigenvalue weighted by Gasteiger charge is -2.16. The Hall–Kier alpha value is -2.93. The van der Waals surface area contributed by atoms with Gasteiger partial charge in [-0.1, -0.05) is 32.9 Å². The first-order valence-corrected chi connectivity index (χ1v) is 10.5. The van der Waals surface area contributed by atoms with Crippen molar-refractivity contribution in [3.05, 3.63) is 70.4 Å². The fourth-order valence-corrected chi connectivity index (χ4v) is 3.97. The van der Waals surface area contributed by atoms with Gasteiger partial charge in [-0.2, -0.15) is 0 Å². The van der Waals surface area contributed by atoms with Gasteiger partial charge in [0.25, 0.3) is 11.8 Å². The standard InChI is InChI=1S/C23H22FNO4S/c1-4-13-29-23(28)16-7-11-18(12-8-16)25-21(26)19(15-5-9-17(24)10-6-15)20(22(25)27)30-14(2)3/h5-12,14H,4,13H2,1-3H3. The number of esters is 1. The van der Waals surface area contributed by atoms with Crippen LogP contribution in [0.15, 0.2) is 53.4 Å². The Bertz CT molecular complexity index is 997. The summed E-state index contributed by atoms with van der Waals surface area (Å²) in [5, 5.41) is 0.0721. The van der Waals surface area contributed by atoms with Crippen molar-refractivity contribution >= 4 is 40.8 Å². The third-order valence-electron chi connectivity index (χ3n) is 4.33. The highest BCUT2D eigenvalue weighted by atomic mass is 32.2. The van der Waals surface area contributed by atoms with Crippen LogP contribution in [0.2, 0.25) is 0 Å². The lowest BCUT2D eigenvalue weighted by Crippen LogP contribution is -2.31. The number of anilines is 1. The predicted molar refractivity (Wildman–Crippen MR) is 116 cm³/mol.